The maximum Gasteiger partial charge on any atom is 0.276 e. The minimum absolute atomic E-state index is 0.122. The summed E-state index contributed by atoms with van der Waals surface area (Å²) in [7, 11) is 0. The fourth-order valence-corrected chi connectivity index (χ4v) is 5.14. The van der Waals surface area contributed by atoms with Crippen molar-refractivity contribution in [2.75, 3.05) is 32.8 Å². The number of nitrogens with zero attached hydrogens (tertiary/aromatic N) is 4. The van der Waals surface area contributed by atoms with Gasteiger partial charge in [-0.05, 0) is 38.8 Å². The van der Waals surface area contributed by atoms with E-state index in [-0.39, 0.29) is 23.9 Å². The summed E-state index contributed by atoms with van der Waals surface area (Å²) in [4.78, 5) is 37.8. The van der Waals surface area contributed by atoms with Gasteiger partial charge in [0.25, 0.3) is 11.5 Å². The molecule has 5 rings (SSSR count). The van der Waals surface area contributed by atoms with Gasteiger partial charge in [-0.3, -0.25) is 9.59 Å². The highest BCUT2D eigenvalue weighted by molar-refractivity contribution is 5.92. The first-order chi connectivity index (χ1) is 15.6. The summed E-state index contributed by atoms with van der Waals surface area (Å²) < 4.78 is 10.7. The van der Waals surface area contributed by atoms with Gasteiger partial charge in [-0.1, -0.05) is 12.1 Å². The Morgan fingerprint density at radius 3 is 2.69 bits per heavy atom. The molecule has 0 saturated carbocycles. The summed E-state index contributed by atoms with van der Waals surface area (Å²) in [5.74, 6) is 1.57. The lowest BCUT2D eigenvalue weighted by Crippen LogP contribution is -2.44. The highest BCUT2D eigenvalue weighted by atomic mass is 16.5. The summed E-state index contributed by atoms with van der Waals surface area (Å²) in [5, 5.41) is 3.88. The Morgan fingerprint density at radius 2 is 1.97 bits per heavy atom. The van der Waals surface area contributed by atoms with Crippen LogP contribution in [0.5, 0.6) is 0 Å². The first kappa shape index (κ1) is 21.3. The van der Waals surface area contributed by atoms with Crippen molar-refractivity contribution in [2.45, 2.75) is 64.0 Å². The molecule has 0 atom stereocenters. The number of hydrogen-bond donors (Lipinski definition) is 1. The lowest BCUT2D eigenvalue weighted by Gasteiger charge is -2.39. The van der Waals surface area contributed by atoms with Gasteiger partial charge < -0.3 is 24.0 Å². The second-order valence-electron chi connectivity index (χ2n) is 9.04. The average Bonchev–Trinajstić information content (AvgIpc) is 3.33. The molecule has 0 aromatic carbocycles. The molecule has 172 valence electrons. The predicted molar refractivity (Wildman–Crippen MR) is 117 cm³/mol. The molecule has 1 amide bonds. The second-order valence-corrected chi connectivity index (χ2v) is 9.04. The summed E-state index contributed by atoms with van der Waals surface area (Å²) in [6.45, 7) is 6.53. The van der Waals surface area contributed by atoms with E-state index in [1.807, 2.05) is 6.92 Å². The van der Waals surface area contributed by atoms with E-state index in [1.54, 1.807) is 11.0 Å². The Balaban J connectivity index is 1.25. The van der Waals surface area contributed by atoms with Crippen LogP contribution in [0.3, 0.4) is 0 Å². The van der Waals surface area contributed by atoms with Gasteiger partial charge in [0.05, 0.1) is 17.8 Å². The monoisotopic (exact) mass is 441 g/mol. The maximum atomic E-state index is 12.9. The Kier molecular flexibility index (Phi) is 6.10. The van der Waals surface area contributed by atoms with E-state index in [2.05, 4.69) is 15.0 Å². The lowest BCUT2D eigenvalue weighted by molar-refractivity contribution is 0.0248. The normalized spacial score (nSPS) is 21.0. The molecule has 3 aliphatic heterocycles. The molecule has 0 bridgehead atoms. The number of carbonyl (C=O) groups is 1. The van der Waals surface area contributed by atoms with Gasteiger partial charge in [-0.25, -0.2) is 4.98 Å². The van der Waals surface area contributed by atoms with Crippen LogP contribution < -0.4 is 5.56 Å². The van der Waals surface area contributed by atoms with Crippen molar-refractivity contribution in [3.05, 3.63) is 45.0 Å². The number of piperidine rings is 1. The van der Waals surface area contributed by atoms with E-state index in [0.29, 0.717) is 42.4 Å². The van der Waals surface area contributed by atoms with Crippen LogP contribution >= 0.6 is 0 Å². The molecule has 9 nitrogen and oxygen atoms in total. The average molecular weight is 442 g/mol. The Morgan fingerprint density at radius 1 is 1.19 bits per heavy atom. The molecular weight excluding hydrogens is 410 g/mol. The van der Waals surface area contributed by atoms with Crippen LogP contribution in [0.4, 0.5) is 0 Å². The van der Waals surface area contributed by atoms with Gasteiger partial charge in [0, 0.05) is 50.6 Å². The summed E-state index contributed by atoms with van der Waals surface area (Å²) >= 11 is 0. The zero-order valence-electron chi connectivity index (χ0n) is 18.6. The minimum Gasteiger partial charge on any atom is -0.381 e. The van der Waals surface area contributed by atoms with E-state index in [9.17, 15) is 9.59 Å². The molecule has 5 heterocycles. The lowest BCUT2D eigenvalue weighted by atomic mass is 9.93. The molecule has 0 aliphatic carbocycles. The van der Waals surface area contributed by atoms with E-state index >= 15 is 0 Å². The predicted octanol–water partition coefficient (Wildman–Crippen LogP) is 1.88. The third kappa shape index (κ3) is 4.23. The number of aryl methyl sites for hydroxylation is 1. The van der Waals surface area contributed by atoms with Crippen LogP contribution in [0.25, 0.3) is 0 Å². The van der Waals surface area contributed by atoms with E-state index in [4.69, 9.17) is 14.2 Å². The SMILES string of the molecule is CCc1cc(C(=O)N2CCc3nc(C4CCN(C5CCOCC5)CC4)[nH]c(=O)c3C2)no1. The molecule has 2 saturated heterocycles. The molecule has 32 heavy (non-hydrogen) atoms. The minimum atomic E-state index is -0.205. The Hall–Kier alpha value is -2.52. The van der Waals surface area contributed by atoms with E-state index in [0.717, 1.165) is 63.5 Å². The summed E-state index contributed by atoms with van der Waals surface area (Å²) in [5.41, 5.74) is 1.59. The standard InChI is InChI=1S/C23H31N5O4/c1-2-17-13-20(26-32-17)23(30)28-10-5-19-18(14-28)22(29)25-21(24-19)15-3-8-27(9-4-15)16-6-11-31-12-7-16/h13,15-16H,2-12,14H2,1H3,(H,24,25,29). The molecule has 0 unspecified atom stereocenters. The number of amides is 1. The van der Waals surface area contributed by atoms with Crippen LogP contribution in [-0.4, -0.2) is 69.7 Å². The number of nitrogens with one attached hydrogen (secondary N) is 1. The van der Waals surface area contributed by atoms with Crippen molar-refractivity contribution in [3.63, 3.8) is 0 Å². The first-order valence-electron chi connectivity index (χ1n) is 11.8. The highest BCUT2D eigenvalue weighted by Crippen LogP contribution is 2.29. The summed E-state index contributed by atoms with van der Waals surface area (Å²) in [6, 6.07) is 2.30. The fraction of sp³-hybridized carbons (Fsp3) is 0.652. The third-order valence-corrected chi connectivity index (χ3v) is 7.12. The van der Waals surface area contributed by atoms with Crippen molar-refractivity contribution in [1.29, 1.82) is 0 Å². The molecular formula is C23H31N5O4. The quantitative estimate of drug-likeness (QED) is 0.772. The molecule has 0 spiro atoms. The van der Waals surface area contributed by atoms with Crippen molar-refractivity contribution in [2.24, 2.45) is 0 Å². The molecule has 2 aromatic rings. The number of hydrogen-bond acceptors (Lipinski definition) is 7. The van der Waals surface area contributed by atoms with Crippen LogP contribution in [0.15, 0.2) is 15.4 Å². The van der Waals surface area contributed by atoms with Crippen LogP contribution in [0, 0.1) is 0 Å². The number of carbonyl (C=O) groups excluding carboxylic acids is 1. The second kappa shape index (κ2) is 9.15. The van der Waals surface area contributed by atoms with Crippen molar-refractivity contribution in [3.8, 4) is 0 Å². The van der Waals surface area contributed by atoms with Gasteiger partial charge in [-0.15, -0.1) is 0 Å². The summed E-state index contributed by atoms with van der Waals surface area (Å²) in [6.07, 6.45) is 5.51. The number of aromatic nitrogens is 3. The molecule has 3 aliphatic rings. The first-order valence-corrected chi connectivity index (χ1v) is 11.8. The third-order valence-electron chi connectivity index (χ3n) is 7.12. The zero-order chi connectivity index (χ0) is 22.1. The molecule has 0 radical (unpaired) electrons. The molecule has 9 heteroatoms. The van der Waals surface area contributed by atoms with E-state index < -0.39 is 0 Å². The van der Waals surface area contributed by atoms with Crippen LogP contribution in [-0.2, 0) is 24.1 Å². The zero-order valence-corrected chi connectivity index (χ0v) is 18.6. The van der Waals surface area contributed by atoms with Crippen LogP contribution in [0.2, 0.25) is 0 Å². The topological polar surface area (TPSA) is 105 Å². The number of fused-ring (bicyclic) bond motifs is 1. The van der Waals surface area contributed by atoms with Crippen molar-refractivity contribution >= 4 is 5.91 Å². The number of H-pyrrole nitrogens is 1. The number of ether oxygens (including phenoxy) is 1. The van der Waals surface area contributed by atoms with E-state index in [1.165, 1.54) is 0 Å². The van der Waals surface area contributed by atoms with Gasteiger partial charge in [0.15, 0.2) is 5.69 Å². The van der Waals surface area contributed by atoms with Crippen molar-refractivity contribution in [1.82, 2.24) is 24.9 Å². The number of likely N-dealkylation sites (tertiary alicyclic amines) is 1. The highest BCUT2D eigenvalue weighted by Gasteiger charge is 2.31. The Bertz CT molecular complexity index is 1020. The number of rotatable bonds is 4. The maximum absolute atomic E-state index is 12.9. The smallest absolute Gasteiger partial charge is 0.276 e. The van der Waals surface area contributed by atoms with Crippen LogP contribution in [0.1, 0.15) is 71.9 Å². The Labute approximate surface area is 187 Å². The van der Waals surface area contributed by atoms with Gasteiger partial charge in [-0.2, -0.15) is 0 Å². The van der Waals surface area contributed by atoms with Gasteiger partial charge in [0.1, 0.15) is 11.6 Å². The molecule has 1 N–H and O–H groups in total. The molecule has 2 aromatic heterocycles. The fourth-order valence-electron chi connectivity index (χ4n) is 5.14. The number of aromatic amines is 1. The molecule has 2 fully saturated rings. The van der Waals surface area contributed by atoms with Gasteiger partial charge in [0.2, 0.25) is 0 Å². The van der Waals surface area contributed by atoms with Crippen molar-refractivity contribution < 1.29 is 14.1 Å². The largest absolute Gasteiger partial charge is 0.381 e. The van der Waals surface area contributed by atoms with Gasteiger partial charge >= 0.3 is 0 Å².